The monoisotopic (exact) mass is 773 g/mol. The Morgan fingerprint density at radius 3 is 1.51 bits per heavy atom. The third-order valence-electron chi connectivity index (χ3n) is 8.00. The number of thiocarbonyl (C=S) groups is 2. The predicted octanol–water partition coefficient (Wildman–Crippen LogP) is 4.61. The molecule has 0 radical (unpaired) electrons. The lowest BCUT2D eigenvalue weighted by molar-refractivity contribution is -0.118. The molecule has 2 aliphatic rings. The second kappa shape index (κ2) is 20.3. The summed E-state index contributed by atoms with van der Waals surface area (Å²) in [4.78, 5) is 69.8. The fourth-order valence-electron chi connectivity index (χ4n) is 5.20. The number of nitrogens with one attached hydrogen (secondary N) is 2. The van der Waals surface area contributed by atoms with Gasteiger partial charge in [0.1, 0.15) is 20.1 Å². The van der Waals surface area contributed by atoms with Crippen molar-refractivity contribution in [1.82, 2.24) is 25.3 Å². The van der Waals surface area contributed by atoms with E-state index in [1.54, 1.807) is 36.4 Å². The van der Waals surface area contributed by atoms with Crippen molar-refractivity contribution in [2.45, 2.75) is 39.5 Å². The van der Waals surface area contributed by atoms with E-state index in [1.807, 2.05) is 13.8 Å². The highest BCUT2D eigenvalue weighted by Crippen LogP contribution is 2.30. The van der Waals surface area contributed by atoms with Crippen molar-refractivity contribution >= 4 is 86.6 Å². The molecule has 2 N–H and O–H groups in total. The molecule has 0 unspecified atom stereocenters. The van der Waals surface area contributed by atoms with E-state index < -0.39 is 11.8 Å². The second-order valence-corrected chi connectivity index (χ2v) is 15.0. The number of hydrogen-bond acceptors (Lipinski definition) is 11. The van der Waals surface area contributed by atoms with Crippen LogP contribution in [0.5, 0.6) is 11.5 Å². The second-order valence-electron chi connectivity index (χ2n) is 11.6. The normalized spacial score (nSPS) is 14.0. The molecule has 274 valence electrons. The summed E-state index contributed by atoms with van der Waals surface area (Å²) in [6, 6.07) is 9.72. The van der Waals surface area contributed by atoms with Crippen molar-refractivity contribution in [2.24, 2.45) is 0 Å². The van der Waals surface area contributed by atoms with Gasteiger partial charge in [-0.3, -0.25) is 33.8 Å². The maximum Gasteiger partial charge on any atom is 0.263 e. The van der Waals surface area contributed by atoms with Crippen molar-refractivity contribution < 1.29 is 33.4 Å². The molecule has 16 heteroatoms. The number of benzene rings is 2. The molecule has 2 saturated heterocycles. The minimum absolute atomic E-state index is 0.112. The van der Waals surface area contributed by atoms with Crippen molar-refractivity contribution in [3.05, 3.63) is 58.7 Å². The molecule has 0 atom stereocenters. The summed E-state index contributed by atoms with van der Waals surface area (Å²) >= 11 is 13.6. The Bertz CT molecular complexity index is 1510. The molecule has 0 spiro atoms. The van der Waals surface area contributed by atoms with Crippen molar-refractivity contribution in [3.8, 4) is 11.5 Å². The molecule has 4 rings (SSSR count). The number of rotatable bonds is 19. The van der Waals surface area contributed by atoms with E-state index in [4.69, 9.17) is 33.9 Å². The van der Waals surface area contributed by atoms with Crippen LogP contribution in [-0.2, 0) is 4.79 Å². The van der Waals surface area contributed by atoms with Gasteiger partial charge in [-0.2, -0.15) is 0 Å². The molecule has 0 aromatic heterocycles. The first-order chi connectivity index (χ1) is 24.7. The van der Waals surface area contributed by atoms with Gasteiger partial charge in [-0.05, 0) is 37.1 Å². The van der Waals surface area contributed by atoms with Gasteiger partial charge >= 0.3 is 0 Å². The van der Waals surface area contributed by atoms with Gasteiger partial charge in [0.15, 0.2) is 0 Å². The highest BCUT2D eigenvalue weighted by molar-refractivity contribution is 8.23. The van der Waals surface area contributed by atoms with Gasteiger partial charge in [0.2, 0.25) is 6.41 Å². The van der Waals surface area contributed by atoms with Gasteiger partial charge in [-0.15, -0.1) is 0 Å². The minimum Gasteiger partial charge on any atom is -0.492 e. The minimum atomic E-state index is -0.452. The quantitative estimate of drug-likeness (QED) is 0.118. The maximum absolute atomic E-state index is 13.4. The Morgan fingerprint density at radius 1 is 0.745 bits per heavy atom. The smallest absolute Gasteiger partial charge is 0.263 e. The molecule has 5 amide bonds. The molecule has 0 aliphatic carbocycles. The fraction of sp³-hybridized carbons (Fsp3) is 0.457. The first-order valence-corrected chi connectivity index (χ1v) is 19.7. The standard InChI is InChI=1S/C35H43N5O7S4/c1-3-5-19-46-28-24(9-7-11-26(28)32(44)39-17-21-50-34(39)48)30(42)36-13-15-38(23-41)16-14-37-31(43)25-10-8-12-27(29(25)47-20-6-4-2)33(45)40-18-22-51-35(40)49/h7-12,23H,3-6,13-22H2,1-2H3,(H,36,42)(H,37,43). The van der Waals surface area contributed by atoms with Crippen LogP contribution in [0.25, 0.3) is 0 Å². The van der Waals surface area contributed by atoms with Crippen molar-refractivity contribution in [1.29, 1.82) is 0 Å². The third-order valence-corrected chi connectivity index (χ3v) is 10.9. The zero-order chi connectivity index (χ0) is 36.8. The summed E-state index contributed by atoms with van der Waals surface area (Å²) in [5.41, 5.74) is 0.952. The average molecular weight is 774 g/mol. The molecule has 51 heavy (non-hydrogen) atoms. The highest BCUT2D eigenvalue weighted by Gasteiger charge is 2.31. The van der Waals surface area contributed by atoms with Crippen LogP contribution in [0.15, 0.2) is 36.4 Å². The van der Waals surface area contributed by atoms with Crippen LogP contribution >= 0.6 is 48.0 Å². The summed E-state index contributed by atoms with van der Waals surface area (Å²) in [7, 11) is 0. The molecule has 2 aliphatic heterocycles. The number of nitrogens with zero attached hydrogens (tertiary/aromatic N) is 3. The molecule has 2 fully saturated rings. The molecular formula is C35H43N5O7S4. The van der Waals surface area contributed by atoms with E-state index in [-0.39, 0.29) is 71.7 Å². The zero-order valence-corrected chi connectivity index (χ0v) is 32.0. The molecule has 2 aromatic carbocycles. The van der Waals surface area contributed by atoms with Gasteiger partial charge in [-0.1, -0.05) is 86.8 Å². The lowest BCUT2D eigenvalue weighted by Gasteiger charge is -2.21. The molecule has 0 bridgehead atoms. The number of carbonyl (C=O) groups excluding carboxylic acids is 5. The van der Waals surface area contributed by atoms with E-state index in [9.17, 15) is 24.0 Å². The number of amides is 5. The Labute approximate surface area is 317 Å². The number of para-hydroxylation sites is 2. The van der Waals surface area contributed by atoms with E-state index in [1.165, 1.54) is 38.2 Å². The number of thioether (sulfide) groups is 2. The summed E-state index contributed by atoms with van der Waals surface area (Å²) in [6.07, 6.45) is 3.88. The Balaban J connectivity index is 1.36. The van der Waals surface area contributed by atoms with Gasteiger partial charge in [0, 0.05) is 50.8 Å². The van der Waals surface area contributed by atoms with Crippen molar-refractivity contribution in [2.75, 3.05) is 64.0 Å². The average Bonchev–Trinajstić information content (AvgIpc) is 3.77. The highest BCUT2D eigenvalue weighted by atomic mass is 32.2. The number of unbranched alkanes of at least 4 members (excludes halogenated alkanes) is 2. The summed E-state index contributed by atoms with van der Waals surface area (Å²) in [5.74, 6) is 0.303. The SMILES string of the molecule is CCCCOc1c(C(=O)NCCN(C=O)CCNC(=O)c2cccc(C(=O)N3CCSC3=S)c2OCCCC)cccc1C(=O)N1CCSC1=S. The van der Waals surface area contributed by atoms with E-state index >= 15 is 0 Å². The van der Waals surface area contributed by atoms with Gasteiger partial charge in [0.05, 0.1) is 35.5 Å². The lowest BCUT2D eigenvalue weighted by atomic mass is 10.1. The zero-order valence-electron chi connectivity index (χ0n) is 28.8. The predicted molar refractivity (Wildman–Crippen MR) is 208 cm³/mol. The Hall–Kier alpha value is -3.73. The Kier molecular flexibility index (Phi) is 16.0. The first-order valence-electron chi connectivity index (χ1n) is 17.0. The summed E-state index contributed by atoms with van der Waals surface area (Å²) < 4.78 is 13.0. The maximum atomic E-state index is 13.4. The van der Waals surface area contributed by atoms with Gasteiger partial charge in [-0.25, -0.2) is 0 Å². The van der Waals surface area contributed by atoms with E-state index in [0.29, 0.717) is 52.9 Å². The number of carbonyl (C=O) groups is 5. The van der Waals surface area contributed by atoms with Crippen LogP contribution in [0, 0.1) is 0 Å². The largest absolute Gasteiger partial charge is 0.492 e. The van der Waals surface area contributed by atoms with E-state index in [2.05, 4.69) is 10.6 Å². The summed E-state index contributed by atoms with van der Waals surface area (Å²) in [6.45, 7) is 6.24. The number of ether oxygens (including phenoxy) is 2. The molecular weight excluding hydrogens is 731 g/mol. The van der Waals surface area contributed by atoms with Gasteiger partial charge in [0.25, 0.3) is 23.6 Å². The molecule has 2 heterocycles. The molecule has 0 saturated carbocycles. The Morgan fingerprint density at radius 2 is 1.16 bits per heavy atom. The van der Waals surface area contributed by atoms with Crippen LogP contribution in [0.4, 0.5) is 0 Å². The van der Waals surface area contributed by atoms with Crippen LogP contribution in [-0.4, -0.2) is 117 Å². The number of hydrogen-bond donors (Lipinski definition) is 2. The molecule has 12 nitrogen and oxygen atoms in total. The topological polar surface area (TPSA) is 138 Å². The van der Waals surface area contributed by atoms with Crippen molar-refractivity contribution in [3.63, 3.8) is 0 Å². The summed E-state index contributed by atoms with van der Waals surface area (Å²) in [5, 5.41) is 5.63. The lowest BCUT2D eigenvalue weighted by Crippen LogP contribution is -2.39. The first kappa shape index (κ1) is 40.0. The van der Waals surface area contributed by atoms with Crippen LogP contribution < -0.4 is 20.1 Å². The van der Waals surface area contributed by atoms with Crippen LogP contribution in [0.1, 0.15) is 81.0 Å². The van der Waals surface area contributed by atoms with Crippen LogP contribution in [0.3, 0.4) is 0 Å². The fourth-order valence-corrected chi connectivity index (χ4v) is 7.60. The van der Waals surface area contributed by atoms with Crippen LogP contribution in [0.2, 0.25) is 0 Å². The van der Waals surface area contributed by atoms with E-state index in [0.717, 1.165) is 25.7 Å². The third kappa shape index (κ3) is 10.7. The molecule has 2 aromatic rings. The van der Waals surface area contributed by atoms with Gasteiger partial charge < -0.3 is 25.0 Å².